The number of amides is 1. The molecule has 1 heterocycles. The predicted molar refractivity (Wildman–Crippen MR) is 86.6 cm³/mol. The summed E-state index contributed by atoms with van der Waals surface area (Å²) in [6.07, 6.45) is 8.59. The predicted octanol–water partition coefficient (Wildman–Crippen LogP) is 3.13. The zero-order chi connectivity index (χ0) is 16.1. The van der Waals surface area contributed by atoms with E-state index in [-0.39, 0.29) is 5.91 Å². The van der Waals surface area contributed by atoms with E-state index in [0.717, 1.165) is 12.1 Å². The van der Waals surface area contributed by atoms with Crippen LogP contribution in [-0.2, 0) is 4.79 Å². The van der Waals surface area contributed by atoms with Gasteiger partial charge in [-0.1, -0.05) is 37.5 Å². The first-order valence-electron chi connectivity index (χ1n) is 8.05. The van der Waals surface area contributed by atoms with Gasteiger partial charge in [0, 0.05) is 18.2 Å². The smallest absolute Gasteiger partial charge is 0.221 e. The summed E-state index contributed by atoms with van der Waals surface area (Å²) in [7, 11) is 0. The van der Waals surface area contributed by atoms with Gasteiger partial charge < -0.3 is 5.32 Å². The van der Waals surface area contributed by atoms with Crippen molar-refractivity contribution >= 4 is 5.91 Å². The molecule has 1 N–H and O–H groups in total. The standard InChI is InChI=1S/C18H20N4O/c19-11-17(21-18(23)10-9-14-5-4-6-14)15-12-20-22(13-15)16-7-2-1-3-8-16/h1-3,7-8,12-14,17H,4-6,9-10H2,(H,21,23)/t17-/m0/s1. The SMILES string of the molecule is N#C[C@H](NC(=O)CCC1CCC1)c1cnn(-c2ccccc2)c1. The van der Waals surface area contributed by atoms with Gasteiger partial charge in [0.15, 0.2) is 0 Å². The molecule has 1 fully saturated rings. The Kier molecular flexibility index (Phi) is 4.72. The monoisotopic (exact) mass is 308 g/mol. The number of carbonyl (C=O) groups is 1. The first kappa shape index (κ1) is 15.3. The quantitative estimate of drug-likeness (QED) is 0.891. The summed E-state index contributed by atoms with van der Waals surface area (Å²) in [6.45, 7) is 0. The first-order valence-corrected chi connectivity index (χ1v) is 8.05. The first-order chi connectivity index (χ1) is 11.3. The number of rotatable bonds is 6. The summed E-state index contributed by atoms with van der Waals surface area (Å²) in [5.41, 5.74) is 1.63. The molecule has 5 nitrogen and oxygen atoms in total. The maximum absolute atomic E-state index is 12.0. The Labute approximate surface area is 135 Å². The lowest BCUT2D eigenvalue weighted by molar-refractivity contribution is -0.121. The third-order valence-electron chi connectivity index (χ3n) is 4.40. The van der Waals surface area contributed by atoms with Gasteiger partial charge in [0.2, 0.25) is 5.91 Å². The highest BCUT2D eigenvalue weighted by Gasteiger charge is 2.20. The van der Waals surface area contributed by atoms with E-state index in [0.29, 0.717) is 17.9 Å². The lowest BCUT2D eigenvalue weighted by atomic mass is 9.82. The van der Waals surface area contributed by atoms with Crippen molar-refractivity contribution in [2.45, 2.75) is 38.1 Å². The van der Waals surface area contributed by atoms with Crippen LogP contribution in [0.3, 0.4) is 0 Å². The highest BCUT2D eigenvalue weighted by Crippen LogP contribution is 2.30. The Morgan fingerprint density at radius 3 is 2.83 bits per heavy atom. The molecule has 1 aliphatic carbocycles. The number of para-hydroxylation sites is 1. The number of nitrogens with one attached hydrogen (secondary N) is 1. The normalized spacial score (nSPS) is 15.4. The van der Waals surface area contributed by atoms with Crippen molar-refractivity contribution in [2.24, 2.45) is 5.92 Å². The number of nitriles is 1. The number of hydrogen-bond donors (Lipinski definition) is 1. The van der Waals surface area contributed by atoms with E-state index in [1.165, 1.54) is 19.3 Å². The Morgan fingerprint density at radius 1 is 1.39 bits per heavy atom. The van der Waals surface area contributed by atoms with Crippen molar-refractivity contribution in [2.75, 3.05) is 0 Å². The van der Waals surface area contributed by atoms with Crippen molar-refractivity contribution in [3.8, 4) is 11.8 Å². The van der Waals surface area contributed by atoms with Gasteiger partial charge in [0.1, 0.15) is 6.04 Å². The molecule has 5 heteroatoms. The molecule has 0 bridgehead atoms. The molecule has 0 radical (unpaired) electrons. The van der Waals surface area contributed by atoms with Crippen molar-refractivity contribution in [1.29, 1.82) is 5.26 Å². The van der Waals surface area contributed by atoms with Crippen molar-refractivity contribution in [3.05, 3.63) is 48.3 Å². The summed E-state index contributed by atoms with van der Waals surface area (Å²) in [4.78, 5) is 12.0. The summed E-state index contributed by atoms with van der Waals surface area (Å²) < 4.78 is 1.71. The van der Waals surface area contributed by atoms with Crippen molar-refractivity contribution in [1.82, 2.24) is 15.1 Å². The van der Waals surface area contributed by atoms with Gasteiger partial charge in [0.25, 0.3) is 0 Å². The van der Waals surface area contributed by atoms with Crippen LogP contribution in [0.15, 0.2) is 42.7 Å². The molecule has 3 rings (SSSR count). The lowest BCUT2D eigenvalue weighted by Gasteiger charge is -2.24. The van der Waals surface area contributed by atoms with Crippen molar-refractivity contribution < 1.29 is 4.79 Å². The Hall–Kier alpha value is -2.61. The molecule has 1 aromatic carbocycles. The highest BCUT2D eigenvalue weighted by atomic mass is 16.1. The van der Waals surface area contributed by atoms with E-state index >= 15 is 0 Å². The molecule has 23 heavy (non-hydrogen) atoms. The zero-order valence-corrected chi connectivity index (χ0v) is 13.0. The minimum absolute atomic E-state index is 0.0593. The van der Waals surface area contributed by atoms with Gasteiger partial charge in [-0.05, 0) is 24.5 Å². The average molecular weight is 308 g/mol. The molecular formula is C18H20N4O. The van der Waals surface area contributed by atoms with Crippen LogP contribution in [0.1, 0.15) is 43.7 Å². The molecule has 0 unspecified atom stereocenters. The summed E-state index contributed by atoms with van der Waals surface area (Å²) in [6, 6.07) is 11.2. The molecule has 1 amide bonds. The van der Waals surface area contributed by atoms with Crippen LogP contribution < -0.4 is 5.32 Å². The second-order valence-corrected chi connectivity index (χ2v) is 6.02. The molecule has 0 aliphatic heterocycles. The van der Waals surface area contributed by atoms with E-state index in [1.807, 2.05) is 30.3 Å². The fourth-order valence-corrected chi connectivity index (χ4v) is 2.75. The van der Waals surface area contributed by atoms with Gasteiger partial charge >= 0.3 is 0 Å². The van der Waals surface area contributed by atoms with Gasteiger partial charge in [-0.25, -0.2) is 4.68 Å². The van der Waals surface area contributed by atoms with Crippen molar-refractivity contribution in [3.63, 3.8) is 0 Å². The molecule has 0 saturated heterocycles. The van der Waals surface area contributed by atoms with Gasteiger partial charge in [-0.15, -0.1) is 0 Å². The number of aromatic nitrogens is 2. The molecule has 1 aromatic heterocycles. The summed E-state index contributed by atoms with van der Waals surface area (Å²) >= 11 is 0. The fourth-order valence-electron chi connectivity index (χ4n) is 2.75. The van der Waals surface area contributed by atoms with Crippen LogP contribution in [-0.4, -0.2) is 15.7 Å². The van der Waals surface area contributed by atoms with Crippen LogP contribution in [0, 0.1) is 17.2 Å². The molecule has 0 spiro atoms. The second kappa shape index (κ2) is 7.10. The highest BCUT2D eigenvalue weighted by molar-refractivity contribution is 5.76. The maximum Gasteiger partial charge on any atom is 0.221 e. The molecule has 1 saturated carbocycles. The van der Waals surface area contributed by atoms with Gasteiger partial charge in [-0.2, -0.15) is 10.4 Å². The van der Waals surface area contributed by atoms with Crippen LogP contribution >= 0.6 is 0 Å². The maximum atomic E-state index is 12.0. The van der Waals surface area contributed by atoms with Gasteiger partial charge in [0.05, 0.1) is 18.0 Å². The topological polar surface area (TPSA) is 70.7 Å². The van der Waals surface area contributed by atoms with Crippen LogP contribution in [0.25, 0.3) is 5.69 Å². The summed E-state index contributed by atoms with van der Waals surface area (Å²) in [5.74, 6) is 0.637. The van der Waals surface area contributed by atoms with Crippen LogP contribution in [0.5, 0.6) is 0 Å². The van der Waals surface area contributed by atoms with E-state index in [1.54, 1.807) is 17.1 Å². The summed E-state index contributed by atoms with van der Waals surface area (Å²) in [5, 5.41) is 16.4. The minimum Gasteiger partial charge on any atom is -0.337 e. The second-order valence-electron chi connectivity index (χ2n) is 6.02. The number of benzene rings is 1. The van der Waals surface area contributed by atoms with E-state index in [2.05, 4.69) is 16.5 Å². The largest absolute Gasteiger partial charge is 0.337 e. The number of nitrogens with zero attached hydrogens (tertiary/aromatic N) is 3. The third kappa shape index (κ3) is 3.78. The third-order valence-corrected chi connectivity index (χ3v) is 4.40. The minimum atomic E-state index is -0.652. The van der Waals surface area contributed by atoms with E-state index < -0.39 is 6.04 Å². The Balaban J connectivity index is 1.61. The fraction of sp³-hybridized carbons (Fsp3) is 0.389. The Bertz CT molecular complexity index is 697. The van der Waals surface area contributed by atoms with Gasteiger partial charge in [-0.3, -0.25) is 4.79 Å². The van der Waals surface area contributed by atoms with Crippen LogP contribution in [0.4, 0.5) is 0 Å². The number of carbonyl (C=O) groups excluding carboxylic acids is 1. The van der Waals surface area contributed by atoms with E-state index in [4.69, 9.17) is 0 Å². The lowest BCUT2D eigenvalue weighted by Crippen LogP contribution is -2.28. The molecule has 1 aliphatic rings. The zero-order valence-electron chi connectivity index (χ0n) is 13.0. The average Bonchev–Trinajstić information content (AvgIpc) is 3.02. The molecule has 2 aromatic rings. The molecule has 1 atom stereocenters. The van der Waals surface area contributed by atoms with Crippen LogP contribution in [0.2, 0.25) is 0 Å². The molecule has 118 valence electrons. The van der Waals surface area contributed by atoms with E-state index in [9.17, 15) is 10.1 Å². The number of hydrogen-bond acceptors (Lipinski definition) is 3. The Morgan fingerprint density at radius 2 is 2.17 bits per heavy atom. The molecular weight excluding hydrogens is 288 g/mol.